The Hall–Kier alpha value is -0.0800. The van der Waals surface area contributed by atoms with Gasteiger partial charge < -0.3 is 10.1 Å². The van der Waals surface area contributed by atoms with E-state index in [9.17, 15) is 0 Å². The average Bonchev–Trinajstić information content (AvgIpc) is 2.43. The Bertz CT molecular complexity index is 237. The molecule has 0 spiro atoms. The molecule has 1 N–H and O–H groups in total. The highest BCUT2D eigenvalue weighted by atomic mass is 16.5. The van der Waals surface area contributed by atoms with Gasteiger partial charge >= 0.3 is 0 Å². The second-order valence-corrected chi connectivity index (χ2v) is 6.84. The molecule has 0 aromatic rings. The van der Waals surface area contributed by atoms with Crippen LogP contribution in [0, 0.1) is 23.7 Å². The van der Waals surface area contributed by atoms with E-state index in [1.807, 2.05) is 0 Å². The van der Waals surface area contributed by atoms with Gasteiger partial charge in [0.05, 0.1) is 0 Å². The number of ether oxygens (including phenoxy) is 1. The van der Waals surface area contributed by atoms with Crippen molar-refractivity contribution in [2.24, 2.45) is 23.7 Å². The minimum atomic E-state index is 0.931. The fraction of sp³-hybridized carbons (Fsp3) is 1.00. The van der Waals surface area contributed by atoms with Crippen LogP contribution >= 0.6 is 0 Å². The first kappa shape index (κ1) is 15.3. The standard InChI is InChI=1S/C17H33NO/c1-3-4-14-5-6-16(13-18-2)17(11-14)12-15-7-9-19-10-8-15/h14-18H,3-13H2,1-2H3. The molecule has 0 radical (unpaired) electrons. The molecule has 1 saturated heterocycles. The molecule has 0 aromatic carbocycles. The van der Waals surface area contributed by atoms with Crippen molar-refractivity contribution in [3.63, 3.8) is 0 Å². The highest BCUT2D eigenvalue weighted by Crippen LogP contribution is 2.40. The predicted octanol–water partition coefficient (Wildman–Crippen LogP) is 3.86. The molecule has 3 atom stereocenters. The van der Waals surface area contributed by atoms with Gasteiger partial charge in [0, 0.05) is 13.2 Å². The van der Waals surface area contributed by atoms with Crippen LogP contribution in [-0.4, -0.2) is 26.8 Å². The molecule has 1 aliphatic carbocycles. The van der Waals surface area contributed by atoms with Crippen LogP contribution in [-0.2, 0) is 4.74 Å². The van der Waals surface area contributed by atoms with Gasteiger partial charge in [-0.3, -0.25) is 0 Å². The Kier molecular flexibility index (Phi) is 6.66. The normalized spacial score (nSPS) is 33.5. The first-order valence-corrected chi connectivity index (χ1v) is 8.55. The summed E-state index contributed by atoms with van der Waals surface area (Å²) < 4.78 is 5.51. The molecule has 0 amide bonds. The third-order valence-electron chi connectivity index (χ3n) is 5.39. The fourth-order valence-electron chi connectivity index (χ4n) is 4.32. The molecule has 2 heteroatoms. The van der Waals surface area contributed by atoms with Gasteiger partial charge in [-0.15, -0.1) is 0 Å². The lowest BCUT2D eigenvalue weighted by atomic mass is 9.69. The van der Waals surface area contributed by atoms with Crippen molar-refractivity contribution in [3.05, 3.63) is 0 Å². The van der Waals surface area contributed by atoms with E-state index in [2.05, 4.69) is 19.3 Å². The number of hydrogen-bond donors (Lipinski definition) is 1. The number of hydrogen-bond acceptors (Lipinski definition) is 2. The number of nitrogens with one attached hydrogen (secondary N) is 1. The molecule has 1 aliphatic heterocycles. The molecule has 0 aromatic heterocycles. The topological polar surface area (TPSA) is 21.3 Å². The molecule has 2 aliphatic rings. The lowest BCUT2D eigenvalue weighted by molar-refractivity contribution is 0.0460. The quantitative estimate of drug-likeness (QED) is 0.789. The second-order valence-electron chi connectivity index (χ2n) is 6.84. The molecule has 1 heterocycles. The minimum Gasteiger partial charge on any atom is -0.381 e. The van der Waals surface area contributed by atoms with Crippen molar-refractivity contribution in [2.75, 3.05) is 26.8 Å². The van der Waals surface area contributed by atoms with E-state index in [4.69, 9.17) is 4.74 Å². The van der Waals surface area contributed by atoms with Crippen LogP contribution in [0.1, 0.15) is 58.3 Å². The van der Waals surface area contributed by atoms with Crippen molar-refractivity contribution < 1.29 is 4.74 Å². The van der Waals surface area contributed by atoms with E-state index >= 15 is 0 Å². The number of rotatable bonds is 6. The summed E-state index contributed by atoms with van der Waals surface area (Å²) in [5, 5.41) is 3.43. The molecule has 112 valence electrons. The Balaban J connectivity index is 1.86. The van der Waals surface area contributed by atoms with E-state index in [-0.39, 0.29) is 0 Å². The Morgan fingerprint density at radius 1 is 1.00 bits per heavy atom. The average molecular weight is 267 g/mol. The zero-order chi connectivity index (χ0) is 13.5. The Morgan fingerprint density at radius 2 is 1.79 bits per heavy atom. The van der Waals surface area contributed by atoms with Crippen molar-refractivity contribution in [1.82, 2.24) is 5.32 Å². The van der Waals surface area contributed by atoms with Gasteiger partial charge in [-0.25, -0.2) is 0 Å². The molecule has 1 saturated carbocycles. The first-order valence-electron chi connectivity index (χ1n) is 8.55. The van der Waals surface area contributed by atoms with Crippen molar-refractivity contribution in [3.8, 4) is 0 Å². The summed E-state index contributed by atoms with van der Waals surface area (Å²) >= 11 is 0. The third kappa shape index (κ3) is 4.75. The van der Waals surface area contributed by atoms with E-state index in [0.717, 1.165) is 36.9 Å². The van der Waals surface area contributed by atoms with E-state index in [1.165, 1.54) is 57.9 Å². The Morgan fingerprint density at radius 3 is 2.47 bits per heavy atom. The second kappa shape index (κ2) is 8.26. The minimum absolute atomic E-state index is 0.931. The van der Waals surface area contributed by atoms with Crippen LogP contribution in [0.15, 0.2) is 0 Å². The van der Waals surface area contributed by atoms with Crippen LogP contribution in [0.5, 0.6) is 0 Å². The zero-order valence-electron chi connectivity index (χ0n) is 13.0. The maximum atomic E-state index is 5.51. The molecule has 3 unspecified atom stereocenters. The van der Waals surface area contributed by atoms with Gasteiger partial charge in [0.1, 0.15) is 0 Å². The van der Waals surface area contributed by atoms with Crippen LogP contribution in [0.25, 0.3) is 0 Å². The first-order chi connectivity index (χ1) is 9.33. The summed E-state index contributed by atoms with van der Waals surface area (Å²) in [6, 6.07) is 0. The summed E-state index contributed by atoms with van der Waals surface area (Å²) in [5.41, 5.74) is 0. The van der Waals surface area contributed by atoms with E-state index < -0.39 is 0 Å². The summed E-state index contributed by atoms with van der Waals surface area (Å²) in [6.07, 6.45) is 11.3. The van der Waals surface area contributed by atoms with Crippen LogP contribution < -0.4 is 5.32 Å². The van der Waals surface area contributed by atoms with Gasteiger partial charge in [-0.05, 0) is 69.4 Å². The van der Waals surface area contributed by atoms with E-state index in [0.29, 0.717) is 0 Å². The zero-order valence-corrected chi connectivity index (χ0v) is 13.0. The molecule has 0 bridgehead atoms. The summed E-state index contributed by atoms with van der Waals surface area (Å²) in [7, 11) is 2.11. The third-order valence-corrected chi connectivity index (χ3v) is 5.39. The van der Waals surface area contributed by atoms with Gasteiger partial charge in [0.2, 0.25) is 0 Å². The van der Waals surface area contributed by atoms with Gasteiger partial charge in [0.25, 0.3) is 0 Å². The largest absolute Gasteiger partial charge is 0.381 e. The molecular formula is C17H33NO. The fourth-order valence-corrected chi connectivity index (χ4v) is 4.32. The van der Waals surface area contributed by atoms with Crippen LogP contribution in [0.3, 0.4) is 0 Å². The lowest BCUT2D eigenvalue weighted by Crippen LogP contribution is -2.33. The van der Waals surface area contributed by atoms with Gasteiger partial charge in [0.15, 0.2) is 0 Å². The molecular weight excluding hydrogens is 234 g/mol. The van der Waals surface area contributed by atoms with Crippen molar-refractivity contribution >= 4 is 0 Å². The SMILES string of the molecule is CCCC1CCC(CNC)C(CC2CCOCC2)C1. The maximum absolute atomic E-state index is 5.51. The molecule has 2 fully saturated rings. The maximum Gasteiger partial charge on any atom is 0.0468 e. The Labute approximate surface area is 119 Å². The van der Waals surface area contributed by atoms with Crippen LogP contribution in [0.2, 0.25) is 0 Å². The van der Waals surface area contributed by atoms with Gasteiger partial charge in [-0.1, -0.05) is 26.2 Å². The van der Waals surface area contributed by atoms with Gasteiger partial charge in [-0.2, -0.15) is 0 Å². The molecule has 2 nitrogen and oxygen atoms in total. The van der Waals surface area contributed by atoms with Crippen LogP contribution in [0.4, 0.5) is 0 Å². The van der Waals surface area contributed by atoms with Crippen molar-refractivity contribution in [2.45, 2.75) is 58.3 Å². The smallest absolute Gasteiger partial charge is 0.0468 e. The predicted molar refractivity (Wildman–Crippen MR) is 81.3 cm³/mol. The van der Waals surface area contributed by atoms with E-state index in [1.54, 1.807) is 0 Å². The van der Waals surface area contributed by atoms with Crippen molar-refractivity contribution in [1.29, 1.82) is 0 Å². The summed E-state index contributed by atoms with van der Waals surface area (Å²) in [4.78, 5) is 0. The summed E-state index contributed by atoms with van der Waals surface area (Å²) in [5.74, 6) is 3.86. The highest BCUT2D eigenvalue weighted by Gasteiger charge is 2.31. The monoisotopic (exact) mass is 267 g/mol. The molecule has 2 rings (SSSR count). The highest BCUT2D eigenvalue weighted by molar-refractivity contribution is 4.83. The lowest BCUT2D eigenvalue weighted by Gasteiger charge is -2.38. The summed E-state index contributed by atoms with van der Waals surface area (Å²) in [6.45, 7) is 5.58. The molecule has 19 heavy (non-hydrogen) atoms.